The molecule has 0 spiro atoms. The Hall–Kier alpha value is -0.770. The number of piperidine rings is 1. The van der Waals surface area contributed by atoms with Crippen LogP contribution in [0.3, 0.4) is 0 Å². The molecule has 0 aromatic heterocycles. The highest BCUT2D eigenvalue weighted by atomic mass is 35.5. The normalized spacial score (nSPS) is 17.8. The van der Waals surface area contributed by atoms with Crippen molar-refractivity contribution in [3.8, 4) is 0 Å². The Morgan fingerprint density at radius 1 is 1.38 bits per heavy atom. The van der Waals surface area contributed by atoms with E-state index in [2.05, 4.69) is 4.90 Å². The summed E-state index contributed by atoms with van der Waals surface area (Å²) in [5.41, 5.74) is 7.83. The van der Waals surface area contributed by atoms with Gasteiger partial charge in [0, 0.05) is 19.6 Å². The highest BCUT2D eigenvalue weighted by Crippen LogP contribution is 2.31. The van der Waals surface area contributed by atoms with Crippen LogP contribution in [0.2, 0.25) is 5.02 Å². The van der Waals surface area contributed by atoms with Gasteiger partial charge < -0.3 is 15.7 Å². The van der Waals surface area contributed by atoms with Gasteiger partial charge in [-0.25, -0.2) is 0 Å². The number of nitrogens with two attached hydrogens (primary N) is 1. The first-order valence-electron chi connectivity index (χ1n) is 5.63. The summed E-state index contributed by atoms with van der Waals surface area (Å²) >= 11 is 6.22. The SMILES string of the molecule is NCc1cccc(Cl)c1N1CCC(O)CC1. The summed E-state index contributed by atoms with van der Waals surface area (Å²) in [5, 5.41) is 10.2. The molecule has 16 heavy (non-hydrogen) atoms. The Morgan fingerprint density at radius 3 is 2.69 bits per heavy atom. The molecule has 1 aliphatic rings. The summed E-state index contributed by atoms with van der Waals surface area (Å²) in [7, 11) is 0. The summed E-state index contributed by atoms with van der Waals surface area (Å²) < 4.78 is 0. The van der Waals surface area contributed by atoms with E-state index < -0.39 is 0 Å². The quantitative estimate of drug-likeness (QED) is 0.828. The number of anilines is 1. The maximum atomic E-state index is 9.49. The zero-order valence-corrected chi connectivity index (χ0v) is 9.95. The summed E-state index contributed by atoms with van der Waals surface area (Å²) in [5.74, 6) is 0. The maximum absolute atomic E-state index is 9.49. The van der Waals surface area contributed by atoms with Crippen molar-refractivity contribution in [2.24, 2.45) is 5.73 Å². The minimum Gasteiger partial charge on any atom is -0.393 e. The summed E-state index contributed by atoms with van der Waals surface area (Å²) in [6.45, 7) is 2.19. The number of benzene rings is 1. The second kappa shape index (κ2) is 5.04. The average Bonchev–Trinajstić information content (AvgIpc) is 2.30. The molecule has 0 atom stereocenters. The molecule has 88 valence electrons. The molecule has 1 aromatic rings. The standard InChI is InChI=1S/C12H17ClN2O/c13-11-3-1-2-9(8-14)12(11)15-6-4-10(16)5-7-15/h1-3,10,16H,4-8,14H2. The predicted octanol–water partition coefficient (Wildman–Crippen LogP) is 1.76. The Labute approximate surface area is 101 Å². The second-order valence-corrected chi connectivity index (χ2v) is 4.58. The number of aliphatic hydroxyl groups excluding tert-OH is 1. The van der Waals surface area contributed by atoms with Crippen molar-refractivity contribution in [1.29, 1.82) is 0 Å². The fourth-order valence-electron chi connectivity index (χ4n) is 2.17. The molecule has 4 heteroatoms. The van der Waals surface area contributed by atoms with Crippen molar-refractivity contribution in [3.05, 3.63) is 28.8 Å². The van der Waals surface area contributed by atoms with Crippen molar-refractivity contribution in [3.63, 3.8) is 0 Å². The predicted molar refractivity (Wildman–Crippen MR) is 66.8 cm³/mol. The molecule has 0 saturated carbocycles. The Bertz CT molecular complexity index is 362. The van der Waals surface area contributed by atoms with E-state index >= 15 is 0 Å². The van der Waals surface area contributed by atoms with Crippen LogP contribution in [0.25, 0.3) is 0 Å². The lowest BCUT2D eigenvalue weighted by Crippen LogP contribution is -2.36. The van der Waals surface area contributed by atoms with E-state index in [1.54, 1.807) is 0 Å². The van der Waals surface area contributed by atoms with E-state index in [-0.39, 0.29) is 6.10 Å². The monoisotopic (exact) mass is 240 g/mol. The highest BCUT2D eigenvalue weighted by Gasteiger charge is 2.20. The van der Waals surface area contributed by atoms with E-state index in [4.69, 9.17) is 17.3 Å². The molecule has 1 aromatic carbocycles. The number of para-hydroxylation sites is 1. The van der Waals surface area contributed by atoms with Crippen LogP contribution in [0, 0.1) is 0 Å². The molecule has 1 aliphatic heterocycles. The van der Waals surface area contributed by atoms with Gasteiger partial charge >= 0.3 is 0 Å². The minimum absolute atomic E-state index is 0.167. The molecular formula is C12H17ClN2O. The average molecular weight is 241 g/mol. The summed E-state index contributed by atoms with van der Waals surface area (Å²) in [6.07, 6.45) is 1.44. The number of rotatable bonds is 2. The largest absolute Gasteiger partial charge is 0.393 e. The van der Waals surface area contributed by atoms with Crippen LogP contribution in [-0.2, 0) is 6.54 Å². The smallest absolute Gasteiger partial charge is 0.0642 e. The summed E-state index contributed by atoms with van der Waals surface area (Å²) in [4.78, 5) is 2.22. The Morgan fingerprint density at radius 2 is 2.06 bits per heavy atom. The van der Waals surface area contributed by atoms with Crippen LogP contribution in [0.4, 0.5) is 5.69 Å². The zero-order valence-electron chi connectivity index (χ0n) is 9.19. The number of nitrogens with zero attached hydrogens (tertiary/aromatic N) is 1. The van der Waals surface area contributed by atoms with Crippen molar-refractivity contribution in [2.75, 3.05) is 18.0 Å². The van der Waals surface area contributed by atoms with Gasteiger partial charge in [0.2, 0.25) is 0 Å². The molecule has 2 rings (SSSR count). The van der Waals surface area contributed by atoms with Gasteiger partial charge in [0.05, 0.1) is 16.8 Å². The molecular weight excluding hydrogens is 224 g/mol. The van der Waals surface area contributed by atoms with Gasteiger partial charge in [-0.2, -0.15) is 0 Å². The number of halogens is 1. The van der Waals surface area contributed by atoms with Crippen LogP contribution in [0.5, 0.6) is 0 Å². The van der Waals surface area contributed by atoms with Gasteiger partial charge in [0.15, 0.2) is 0 Å². The van der Waals surface area contributed by atoms with Gasteiger partial charge in [-0.15, -0.1) is 0 Å². The van der Waals surface area contributed by atoms with Gasteiger partial charge in [-0.3, -0.25) is 0 Å². The third-order valence-corrected chi connectivity index (χ3v) is 3.38. The third kappa shape index (κ3) is 2.32. The molecule has 0 radical (unpaired) electrons. The van der Waals surface area contributed by atoms with Gasteiger partial charge in [-0.05, 0) is 24.5 Å². The topological polar surface area (TPSA) is 49.5 Å². The second-order valence-electron chi connectivity index (χ2n) is 4.17. The Kier molecular flexibility index (Phi) is 3.69. The van der Waals surface area contributed by atoms with Crippen molar-refractivity contribution < 1.29 is 5.11 Å². The fraction of sp³-hybridized carbons (Fsp3) is 0.500. The molecule has 0 aliphatic carbocycles. The molecule has 0 amide bonds. The number of aliphatic hydroxyl groups is 1. The fourth-order valence-corrected chi connectivity index (χ4v) is 2.48. The van der Waals surface area contributed by atoms with E-state index in [1.165, 1.54) is 0 Å². The third-order valence-electron chi connectivity index (χ3n) is 3.07. The first-order valence-corrected chi connectivity index (χ1v) is 6.00. The van der Waals surface area contributed by atoms with E-state index in [0.717, 1.165) is 42.2 Å². The molecule has 0 bridgehead atoms. The summed E-state index contributed by atoms with van der Waals surface area (Å²) in [6, 6.07) is 5.82. The lowest BCUT2D eigenvalue weighted by atomic mass is 10.1. The zero-order chi connectivity index (χ0) is 11.5. The molecule has 1 fully saturated rings. The number of hydrogen-bond acceptors (Lipinski definition) is 3. The lowest BCUT2D eigenvalue weighted by molar-refractivity contribution is 0.145. The molecule has 0 unspecified atom stereocenters. The van der Waals surface area contributed by atoms with Crippen LogP contribution in [-0.4, -0.2) is 24.3 Å². The first kappa shape index (κ1) is 11.7. The highest BCUT2D eigenvalue weighted by molar-refractivity contribution is 6.33. The number of hydrogen-bond donors (Lipinski definition) is 2. The van der Waals surface area contributed by atoms with Gasteiger partial charge in [0.1, 0.15) is 0 Å². The van der Waals surface area contributed by atoms with Gasteiger partial charge in [-0.1, -0.05) is 23.7 Å². The van der Waals surface area contributed by atoms with Crippen LogP contribution in [0.1, 0.15) is 18.4 Å². The van der Waals surface area contributed by atoms with Crippen molar-refractivity contribution in [2.45, 2.75) is 25.5 Å². The Balaban J connectivity index is 2.25. The van der Waals surface area contributed by atoms with Crippen molar-refractivity contribution in [1.82, 2.24) is 0 Å². The lowest BCUT2D eigenvalue weighted by Gasteiger charge is -2.33. The van der Waals surface area contributed by atoms with E-state index in [1.807, 2.05) is 18.2 Å². The van der Waals surface area contributed by atoms with E-state index in [0.29, 0.717) is 6.54 Å². The van der Waals surface area contributed by atoms with Crippen LogP contribution < -0.4 is 10.6 Å². The van der Waals surface area contributed by atoms with Gasteiger partial charge in [0.25, 0.3) is 0 Å². The molecule has 3 nitrogen and oxygen atoms in total. The first-order chi connectivity index (χ1) is 7.72. The molecule has 3 N–H and O–H groups in total. The molecule has 1 heterocycles. The van der Waals surface area contributed by atoms with Crippen LogP contribution >= 0.6 is 11.6 Å². The van der Waals surface area contributed by atoms with Crippen LogP contribution in [0.15, 0.2) is 18.2 Å². The van der Waals surface area contributed by atoms with Crippen molar-refractivity contribution >= 4 is 17.3 Å². The minimum atomic E-state index is -0.167. The van der Waals surface area contributed by atoms with E-state index in [9.17, 15) is 5.11 Å². The maximum Gasteiger partial charge on any atom is 0.0642 e. The molecule has 1 saturated heterocycles.